The number of halogens is 2. The van der Waals surface area contributed by atoms with Crippen LogP contribution < -0.4 is 5.56 Å². The van der Waals surface area contributed by atoms with Gasteiger partial charge in [0, 0.05) is 29.0 Å². The lowest BCUT2D eigenvalue weighted by Crippen LogP contribution is -2.34. The van der Waals surface area contributed by atoms with Gasteiger partial charge >= 0.3 is 0 Å². The van der Waals surface area contributed by atoms with Crippen LogP contribution in [0.3, 0.4) is 0 Å². The van der Waals surface area contributed by atoms with Crippen molar-refractivity contribution in [1.82, 2.24) is 9.47 Å². The Balaban J connectivity index is 1.93. The molecule has 0 saturated carbocycles. The first-order chi connectivity index (χ1) is 10.1. The van der Waals surface area contributed by atoms with E-state index >= 15 is 0 Å². The Labute approximate surface area is 131 Å². The Kier molecular flexibility index (Phi) is 4.40. The summed E-state index contributed by atoms with van der Waals surface area (Å²) in [6.45, 7) is 3.63. The zero-order valence-corrected chi connectivity index (χ0v) is 13.4. The second-order valence-corrected chi connectivity index (χ2v) is 6.46. The van der Waals surface area contributed by atoms with E-state index in [9.17, 15) is 9.18 Å². The number of pyridine rings is 1. The van der Waals surface area contributed by atoms with Gasteiger partial charge in [0.25, 0.3) is 5.56 Å². The van der Waals surface area contributed by atoms with Crippen molar-refractivity contribution in [3.05, 3.63) is 44.9 Å². The van der Waals surface area contributed by atoms with Gasteiger partial charge < -0.3 is 9.47 Å². The molecule has 21 heavy (non-hydrogen) atoms. The van der Waals surface area contributed by atoms with Gasteiger partial charge in [-0.1, -0.05) is 22.4 Å². The first-order valence-electron chi connectivity index (χ1n) is 7.36. The van der Waals surface area contributed by atoms with Crippen molar-refractivity contribution in [2.75, 3.05) is 19.6 Å². The summed E-state index contributed by atoms with van der Waals surface area (Å²) in [6.07, 6.45) is 3.75. The number of fused-ring (bicyclic) bond motifs is 1. The van der Waals surface area contributed by atoms with Crippen molar-refractivity contribution in [1.29, 1.82) is 0 Å². The van der Waals surface area contributed by atoms with E-state index in [2.05, 4.69) is 20.8 Å². The third kappa shape index (κ3) is 3.19. The van der Waals surface area contributed by atoms with Gasteiger partial charge in [-0.3, -0.25) is 4.79 Å². The highest BCUT2D eigenvalue weighted by Gasteiger charge is 2.12. The molecule has 3 nitrogen and oxygen atoms in total. The topological polar surface area (TPSA) is 25.2 Å². The summed E-state index contributed by atoms with van der Waals surface area (Å²) in [5.74, 6) is -0.300. The van der Waals surface area contributed by atoms with Gasteiger partial charge in [0.1, 0.15) is 5.82 Å². The monoisotopic (exact) mass is 352 g/mol. The highest BCUT2D eigenvalue weighted by atomic mass is 79.9. The van der Waals surface area contributed by atoms with Crippen molar-refractivity contribution in [3.63, 3.8) is 0 Å². The molecular weight excluding hydrogens is 335 g/mol. The molecule has 0 aliphatic carbocycles. The molecule has 1 aromatic carbocycles. The first-order valence-corrected chi connectivity index (χ1v) is 8.15. The Bertz CT molecular complexity index is 707. The molecule has 0 amide bonds. The number of rotatable bonds is 3. The van der Waals surface area contributed by atoms with Crippen LogP contribution in [-0.4, -0.2) is 29.1 Å². The van der Waals surface area contributed by atoms with Crippen molar-refractivity contribution < 1.29 is 4.39 Å². The molecule has 0 N–H and O–H groups in total. The lowest BCUT2D eigenvalue weighted by atomic mass is 10.1. The van der Waals surface area contributed by atoms with Gasteiger partial charge in [0.05, 0.1) is 5.52 Å². The minimum absolute atomic E-state index is 0.0722. The Hall–Kier alpha value is -1.20. The van der Waals surface area contributed by atoms with E-state index in [0.717, 1.165) is 19.6 Å². The van der Waals surface area contributed by atoms with Crippen LogP contribution in [0.5, 0.6) is 0 Å². The molecule has 1 aromatic heterocycles. The minimum Gasteiger partial charge on any atom is -0.307 e. The predicted molar refractivity (Wildman–Crippen MR) is 86.2 cm³/mol. The number of aromatic nitrogens is 1. The Morgan fingerprint density at radius 2 is 1.86 bits per heavy atom. The summed E-state index contributed by atoms with van der Waals surface area (Å²) >= 11 is 3.30. The van der Waals surface area contributed by atoms with Crippen molar-refractivity contribution >= 4 is 26.8 Å². The molecule has 112 valence electrons. The molecule has 2 aromatic rings. The smallest absolute Gasteiger partial charge is 0.251 e. The zero-order chi connectivity index (χ0) is 14.8. The average Bonchev–Trinajstić information content (AvgIpc) is 2.47. The van der Waals surface area contributed by atoms with Gasteiger partial charge in [-0.15, -0.1) is 0 Å². The number of hydrogen-bond donors (Lipinski definition) is 0. The first kappa shape index (κ1) is 14.7. The molecule has 0 atom stereocenters. The van der Waals surface area contributed by atoms with Crippen molar-refractivity contribution in [3.8, 4) is 0 Å². The van der Waals surface area contributed by atoms with Gasteiger partial charge in [-0.2, -0.15) is 0 Å². The summed E-state index contributed by atoms with van der Waals surface area (Å²) in [5.41, 5.74) is 0.586. The van der Waals surface area contributed by atoms with E-state index in [1.54, 1.807) is 10.6 Å². The largest absolute Gasteiger partial charge is 0.307 e. The fourth-order valence-corrected chi connectivity index (χ4v) is 3.40. The SMILES string of the molecule is O=c1ccc2c(F)cc(Br)cc2n1CCN1CCCCC1. The molecule has 0 bridgehead atoms. The molecule has 1 aliphatic rings. The molecule has 3 rings (SSSR count). The van der Waals surface area contributed by atoms with E-state index in [4.69, 9.17) is 0 Å². The molecule has 1 saturated heterocycles. The van der Waals surface area contributed by atoms with Crippen LogP contribution in [0.2, 0.25) is 0 Å². The molecule has 2 heterocycles. The van der Waals surface area contributed by atoms with Crippen LogP contribution >= 0.6 is 15.9 Å². The highest BCUT2D eigenvalue weighted by Crippen LogP contribution is 2.22. The number of benzene rings is 1. The fraction of sp³-hybridized carbons (Fsp3) is 0.438. The van der Waals surface area contributed by atoms with Crippen LogP contribution in [0.25, 0.3) is 10.9 Å². The maximum atomic E-state index is 14.0. The molecule has 0 spiro atoms. The van der Waals surface area contributed by atoms with Crippen LogP contribution in [0.15, 0.2) is 33.5 Å². The third-order valence-corrected chi connectivity index (χ3v) is 4.57. The van der Waals surface area contributed by atoms with E-state index in [-0.39, 0.29) is 11.4 Å². The van der Waals surface area contributed by atoms with Crippen LogP contribution in [0, 0.1) is 5.82 Å². The summed E-state index contributed by atoms with van der Waals surface area (Å²) in [6, 6.07) is 6.27. The summed E-state index contributed by atoms with van der Waals surface area (Å²) in [4.78, 5) is 14.5. The Morgan fingerprint density at radius 3 is 2.62 bits per heavy atom. The molecule has 0 radical (unpaired) electrons. The molecular formula is C16H18BrFN2O. The second kappa shape index (κ2) is 6.28. The van der Waals surface area contributed by atoms with Crippen LogP contribution in [-0.2, 0) is 6.54 Å². The van der Waals surface area contributed by atoms with Crippen LogP contribution in [0.1, 0.15) is 19.3 Å². The number of nitrogens with zero attached hydrogens (tertiary/aromatic N) is 2. The van der Waals surface area contributed by atoms with E-state index in [1.807, 2.05) is 6.07 Å². The third-order valence-electron chi connectivity index (χ3n) is 4.11. The van der Waals surface area contributed by atoms with E-state index in [1.165, 1.54) is 31.4 Å². The van der Waals surface area contributed by atoms with E-state index < -0.39 is 0 Å². The zero-order valence-electron chi connectivity index (χ0n) is 11.8. The van der Waals surface area contributed by atoms with Crippen molar-refractivity contribution in [2.45, 2.75) is 25.8 Å². The fourth-order valence-electron chi connectivity index (χ4n) is 2.98. The highest BCUT2D eigenvalue weighted by molar-refractivity contribution is 9.10. The minimum atomic E-state index is -0.300. The molecule has 1 fully saturated rings. The van der Waals surface area contributed by atoms with Gasteiger partial charge in [-0.25, -0.2) is 4.39 Å². The van der Waals surface area contributed by atoms with Crippen LogP contribution in [0.4, 0.5) is 4.39 Å². The van der Waals surface area contributed by atoms with E-state index in [0.29, 0.717) is 21.9 Å². The quantitative estimate of drug-likeness (QED) is 0.845. The Morgan fingerprint density at radius 1 is 1.10 bits per heavy atom. The normalized spacial score (nSPS) is 16.5. The number of likely N-dealkylation sites (tertiary alicyclic amines) is 1. The molecule has 1 aliphatic heterocycles. The molecule has 0 unspecified atom stereocenters. The number of piperidine rings is 1. The summed E-state index contributed by atoms with van der Waals surface area (Å²) in [7, 11) is 0. The second-order valence-electron chi connectivity index (χ2n) is 5.55. The maximum Gasteiger partial charge on any atom is 0.251 e. The van der Waals surface area contributed by atoms with Gasteiger partial charge in [-0.05, 0) is 44.1 Å². The summed E-state index contributed by atoms with van der Waals surface area (Å²) < 4.78 is 16.3. The predicted octanol–water partition coefficient (Wildman–Crippen LogP) is 3.39. The average molecular weight is 353 g/mol. The lowest BCUT2D eigenvalue weighted by Gasteiger charge is -2.26. The standard InChI is InChI=1S/C16H18BrFN2O/c17-12-10-14(18)13-4-5-16(21)20(15(13)11-12)9-8-19-6-2-1-3-7-19/h4-5,10-11H,1-3,6-9H2. The number of hydrogen-bond acceptors (Lipinski definition) is 2. The lowest BCUT2D eigenvalue weighted by molar-refractivity contribution is 0.221. The maximum absolute atomic E-state index is 14.0. The van der Waals surface area contributed by atoms with Gasteiger partial charge in [0.2, 0.25) is 0 Å². The van der Waals surface area contributed by atoms with Crippen molar-refractivity contribution in [2.24, 2.45) is 0 Å². The summed E-state index contributed by atoms with van der Waals surface area (Å²) in [5, 5.41) is 0.497. The van der Waals surface area contributed by atoms with Gasteiger partial charge in [0.15, 0.2) is 0 Å². The molecule has 5 heteroatoms.